The minimum absolute atomic E-state index is 0.713. The minimum Gasteiger partial charge on any atom is -0.265 e. The van der Waals surface area contributed by atoms with Gasteiger partial charge in [0.15, 0.2) is 0 Å². The van der Waals surface area contributed by atoms with E-state index >= 15 is 0 Å². The molecule has 2 aromatic heterocycles. The smallest absolute Gasteiger partial charge is 0.0267 e. The van der Waals surface area contributed by atoms with E-state index in [1.165, 1.54) is 0 Å². The predicted molar refractivity (Wildman–Crippen MR) is 105 cm³/mol. The summed E-state index contributed by atoms with van der Waals surface area (Å²) in [4.78, 5) is 7.57. The minimum atomic E-state index is -0.713. The summed E-state index contributed by atoms with van der Waals surface area (Å²) in [6.07, 6.45) is 7.00. The van der Waals surface area contributed by atoms with Crippen LogP contribution in [0.25, 0.3) is 0 Å². The van der Waals surface area contributed by atoms with Crippen molar-refractivity contribution in [2.75, 3.05) is 0 Å². The van der Waals surface area contributed by atoms with Gasteiger partial charge in [0.2, 0.25) is 0 Å². The Morgan fingerprint density at radius 1 is 0.565 bits per heavy atom. The predicted octanol–water partition coefficient (Wildman–Crippen LogP) is 5.82. The summed E-state index contributed by atoms with van der Waals surface area (Å²) in [5.41, 5.74) is 0. The first-order valence-corrected chi connectivity index (χ1v) is 17.5. The number of hydrogen-bond acceptors (Lipinski definition) is 2. The van der Waals surface area contributed by atoms with Crippen LogP contribution in [-0.4, -0.2) is 26.1 Å². The van der Waals surface area contributed by atoms with Crippen LogP contribution in [0.3, 0.4) is 0 Å². The summed E-state index contributed by atoms with van der Waals surface area (Å²) in [6, 6.07) is 11.4. The molecular formula is C18H32N2PdSi2. The Labute approximate surface area is 153 Å². The molecule has 0 aliphatic rings. The van der Waals surface area contributed by atoms with Gasteiger partial charge in [0, 0.05) is 24.8 Å². The zero-order valence-corrected chi connectivity index (χ0v) is 19.0. The first-order valence-electron chi connectivity index (χ1n) is 7.85. The van der Waals surface area contributed by atoms with Crippen molar-refractivity contribution < 1.29 is 18.0 Å². The second-order valence-electron chi connectivity index (χ2n) is 7.55. The normalized spacial score (nSPS) is 10.9. The zero-order valence-electron chi connectivity index (χ0n) is 15.4. The molecule has 2 heterocycles. The standard InChI is InChI=1S/2C5H5N.2C4H11Si.Pd/c2*1-2-4-6-5-3-1;2*1-5(2,3)4;/h2*1-5H;2*1H2,2-4H3;. The summed E-state index contributed by atoms with van der Waals surface area (Å²) in [7, 11) is -1.43. The molecule has 2 nitrogen and oxygen atoms in total. The monoisotopic (exact) mass is 438 g/mol. The molecule has 0 radical (unpaired) electrons. The summed E-state index contributed by atoms with van der Waals surface area (Å²) in [5, 5.41) is 0. The van der Waals surface area contributed by atoms with Crippen molar-refractivity contribution in [3.8, 4) is 0 Å². The van der Waals surface area contributed by atoms with Gasteiger partial charge in [0.1, 0.15) is 0 Å². The number of rotatable bonds is 4. The Kier molecular flexibility index (Phi) is 12.4. The van der Waals surface area contributed by atoms with E-state index in [0.717, 1.165) is 18.0 Å². The first-order chi connectivity index (χ1) is 10.7. The molecule has 0 saturated heterocycles. The van der Waals surface area contributed by atoms with Gasteiger partial charge in [-0.05, 0) is 24.3 Å². The van der Waals surface area contributed by atoms with Crippen LogP contribution in [0.15, 0.2) is 61.2 Å². The van der Waals surface area contributed by atoms with E-state index in [1.807, 2.05) is 36.4 Å². The first kappa shape index (κ1) is 22.4. The Balaban J connectivity index is 0.000000339. The van der Waals surface area contributed by atoms with Crippen molar-refractivity contribution in [1.82, 2.24) is 9.97 Å². The van der Waals surface area contributed by atoms with Crippen molar-refractivity contribution in [1.29, 1.82) is 0 Å². The molecular weight excluding hydrogens is 407 g/mol. The molecule has 0 atom stereocenters. The van der Waals surface area contributed by atoms with Crippen LogP contribution in [0.2, 0.25) is 48.3 Å². The average Bonchev–Trinajstić information content (AvgIpc) is 2.49. The molecule has 0 aromatic carbocycles. The van der Waals surface area contributed by atoms with Crippen molar-refractivity contribution in [2.45, 2.75) is 48.3 Å². The van der Waals surface area contributed by atoms with E-state index in [4.69, 9.17) is 0 Å². The van der Waals surface area contributed by atoms with Crippen molar-refractivity contribution >= 4 is 16.1 Å². The molecule has 0 N–H and O–H groups in total. The molecule has 0 fully saturated rings. The topological polar surface area (TPSA) is 25.8 Å². The van der Waals surface area contributed by atoms with Crippen LogP contribution in [0.4, 0.5) is 0 Å². The van der Waals surface area contributed by atoms with Crippen LogP contribution in [0.1, 0.15) is 0 Å². The third-order valence-electron chi connectivity index (χ3n) is 1.96. The van der Waals surface area contributed by atoms with Crippen LogP contribution in [-0.2, 0) is 18.0 Å². The average molecular weight is 439 g/mol. The van der Waals surface area contributed by atoms with Crippen LogP contribution in [0.5, 0.6) is 0 Å². The molecule has 0 amide bonds. The third kappa shape index (κ3) is 21.4. The molecule has 0 saturated carbocycles. The van der Waals surface area contributed by atoms with Gasteiger partial charge in [-0.2, -0.15) is 0 Å². The van der Waals surface area contributed by atoms with Crippen LogP contribution < -0.4 is 0 Å². The summed E-state index contributed by atoms with van der Waals surface area (Å²) < 4.78 is 3.15. The molecule has 0 unspecified atom stereocenters. The van der Waals surface area contributed by atoms with E-state index in [0.29, 0.717) is 0 Å². The van der Waals surface area contributed by atoms with Gasteiger partial charge in [0.25, 0.3) is 0 Å². The SMILES string of the molecule is C[Si](C)(C)[CH2][Pd][CH2][Si](C)(C)C.c1ccncc1.c1ccncc1. The zero-order chi connectivity index (χ0) is 17.6. The molecule has 2 aromatic rings. The second-order valence-corrected chi connectivity index (χ2v) is 22.3. The van der Waals surface area contributed by atoms with Gasteiger partial charge in [-0.15, -0.1) is 0 Å². The maximum Gasteiger partial charge on any atom is 0.0267 e. The van der Waals surface area contributed by atoms with Crippen LogP contribution >= 0.6 is 0 Å². The van der Waals surface area contributed by atoms with Gasteiger partial charge >= 0.3 is 82.4 Å². The fourth-order valence-corrected chi connectivity index (χ4v) is 11.1. The van der Waals surface area contributed by atoms with E-state index in [9.17, 15) is 0 Å². The number of nitrogens with zero attached hydrogens (tertiary/aromatic N) is 2. The van der Waals surface area contributed by atoms with E-state index in [1.54, 1.807) is 33.8 Å². The van der Waals surface area contributed by atoms with Gasteiger partial charge < -0.3 is 0 Å². The van der Waals surface area contributed by atoms with E-state index < -0.39 is 16.1 Å². The Hall–Kier alpha value is -0.604. The quantitative estimate of drug-likeness (QED) is 0.561. The maximum absolute atomic E-state index is 3.78. The number of hydrogen-bond donors (Lipinski definition) is 0. The van der Waals surface area contributed by atoms with E-state index in [-0.39, 0.29) is 0 Å². The fourth-order valence-electron chi connectivity index (χ4n) is 1.14. The van der Waals surface area contributed by atoms with Crippen LogP contribution in [0, 0.1) is 0 Å². The summed E-state index contributed by atoms with van der Waals surface area (Å²) >= 11 is 1.07. The molecule has 2 rings (SSSR count). The Bertz CT molecular complexity index is 369. The van der Waals surface area contributed by atoms with Gasteiger partial charge in [-0.3, -0.25) is 9.97 Å². The summed E-state index contributed by atoms with van der Waals surface area (Å²) in [5.74, 6) is 0. The Morgan fingerprint density at radius 3 is 1.00 bits per heavy atom. The van der Waals surface area contributed by atoms with Crippen molar-refractivity contribution in [3.05, 3.63) is 61.2 Å². The molecule has 23 heavy (non-hydrogen) atoms. The van der Waals surface area contributed by atoms with Crippen molar-refractivity contribution in [2.24, 2.45) is 0 Å². The number of pyridine rings is 2. The fraction of sp³-hybridized carbons (Fsp3) is 0.444. The number of aromatic nitrogens is 2. The molecule has 132 valence electrons. The maximum atomic E-state index is 3.78. The van der Waals surface area contributed by atoms with Gasteiger partial charge in [0.05, 0.1) is 0 Å². The second kappa shape index (κ2) is 12.8. The molecule has 0 spiro atoms. The summed E-state index contributed by atoms with van der Waals surface area (Å²) in [6.45, 7) is 14.9. The molecule has 0 aliphatic carbocycles. The van der Waals surface area contributed by atoms with Gasteiger partial charge in [-0.1, -0.05) is 12.1 Å². The molecule has 5 heteroatoms. The third-order valence-corrected chi connectivity index (χ3v) is 15.8. The Morgan fingerprint density at radius 2 is 0.870 bits per heavy atom. The van der Waals surface area contributed by atoms with E-state index in [2.05, 4.69) is 49.3 Å². The molecule has 0 aliphatic heterocycles. The van der Waals surface area contributed by atoms with Gasteiger partial charge in [-0.25, -0.2) is 0 Å². The van der Waals surface area contributed by atoms with Crippen molar-refractivity contribution in [3.63, 3.8) is 0 Å². The largest absolute Gasteiger partial charge is 0.265 e. The molecule has 0 bridgehead atoms.